The third-order valence-corrected chi connectivity index (χ3v) is 6.89. The summed E-state index contributed by atoms with van der Waals surface area (Å²) < 4.78 is 0. The first kappa shape index (κ1) is 19.0. The van der Waals surface area contributed by atoms with E-state index in [1.807, 2.05) is 0 Å². The molecule has 3 atom stereocenters. The predicted octanol–water partition coefficient (Wildman–Crippen LogP) is 2.90. The first-order valence-corrected chi connectivity index (χ1v) is 10.9. The Bertz CT molecular complexity index is 921. The summed E-state index contributed by atoms with van der Waals surface area (Å²) in [5.74, 6) is 1.25. The van der Waals surface area contributed by atoms with Crippen molar-refractivity contribution in [3.8, 4) is 0 Å². The lowest BCUT2D eigenvalue weighted by atomic mass is 9.79. The number of nitrogens with zero attached hydrogens (tertiary/aromatic N) is 3. The molecule has 154 valence electrons. The van der Waals surface area contributed by atoms with Gasteiger partial charge in [0.05, 0.1) is 11.8 Å². The van der Waals surface area contributed by atoms with Crippen LogP contribution in [-0.4, -0.2) is 40.8 Å². The van der Waals surface area contributed by atoms with Crippen molar-refractivity contribution in [2.45, 2.75) is 63.6 Å². The highest BCUT2D eigenvalue weighted by atomic mass is 16.3. The molecule has 1 fully saturated rings. The fraction of sp³-hybridized carbons (Fsp3) is 0.565. The van der Waals surface area contributed by atoms with Gasteiger partial charge in [0.1, 0.15) is 12.1 Å². The Morgan fingerprint density at radius 2 is 2.21 bits per heavy atom. The van der Waals surface area contributed by atoms with Gasteiger partial charge in [0.15, 0.2) is 0 Å². The van der Waals surface area contributed by atoms with Gasteiger partial charge in [-0.3, -0.25) is 0 Å². The molecule has 6 nitrogen and oxygen atoms in total. The van der Waals surface area contributed by atoms with Gasteiger partial charge in [-0.25, -0.2) is 9.97 Å². The Balaban J connectivity index is 1.64. The van der Waals surface area contributed by atoms with E-state index in [2.05, 4.69) is 59.5 Å². The average Bonchev–Trinajstić information content (AvgIpc) is 3.39. The molecule has 3 heterocycles. The van der Waals surface area contributed by atoms with Crippen LogP contribution in [0.25, 0.3) is 0 Å². The number of hydrogen-bond acceptors (Lipinski definition) is 6. The molecule has 2 aromatic rings. The maximum atomic E-state index is 10.5. The number of rotatable bonds is 4. The van der Waals surface area contributed by atoms with E-state index in [4.69, 9.17) is 4.98 Å². The number of hydrogen-bond donors (Lipinski definition) is 3. The van der Waals surface area contributed by atoms with Crippen molar-refractivity contribution in [1.82, 2.24) is 20.6 Å². The smallest absolute Gasteiger partial charge is 0.140 e. The molecule has 0 radical (unpaired) electrons. The standard InChI is InChI=1S/C23H31N5O/c1-14(2)25-10-16-5-4-6-17-20(16)23(7-8-24-11-23)12-28(17)22-19-15(3)9-18(29)21(19)26-13-27-22/h4-6,13-15,18,24-25,29H,7-12H2,1-3H3/t15-,18-,23?/m1/s1. The number of aromatic nitrogens is 2. The number of nitrogens with one attached hydrogen (secondary N) is 2. The molecule has 1 aromatic carbocycles. The van der Waals surface area contributed by atoms with Gasteiger partial charge in [0.2, 0.25) is 0 Å². The van der Waals surface area contributed by atoms with Crippen molar-refractivity contribution < 1.29 is 5.11 Å². The lowest BCUT2D eigenvalue weighted by Crippen LogP contribution is -2.35. The first-order chi connectivity index (χ1) is 14.0. The molecule has 0 saturated carbocycles. The zero-order valence-corrected chi connectivity index (χ0v) is 17.6. The Hall–Kier alpha value is -2.02. The van der Waals surface area contributed by atoms with Crippen molar-refractivity contribution in [2.75, 3.05) is 24.5 Å². The molecule has 3 aliphatic rings. The number of aliphatic hydroxyl groups is 1. The van der Waals surface area contributed by atoms with Crippen LogP contribution >= 0.6 is 0 Å². The minimum atomic E-state index is -0.479. The van der Waals surface area contributed by atoms with Crippen molar-refractivity contribution in [1.29, 1.82) is 0 Å². The highest BCUT2D eigenvalue weighted by Crippen LogP contribution is 2.51. The van der Waals surface area contributed by atoms with Crippen LogP contribution in [0.2, 0.25) is 0 Å². The van der Waals surface area contributed by atoms with E-state index in [1.165, 1.54) is 16.8 Å². The molecule has 1 saturated heterocycles. The van der Waals surface area contributed by atoms with E-state index < -0.39 is 6.10 Å². The van der Waals surface area contributed by atoms with Gasteiger partial charge in [-0.2, -0.15) is 0 Å². The molecule has 3 N–H and O–H groups in total. The van der Waals surface area contributed by atoms with E-state index in [0.717, 1.165) is 56.1 Å². The molecule has 5 rings (SSSR count). The van der Waals surface area contributed by atoms with Crippen molar-refractivity contribution in [3.05, 3.63) is 46.9 Å². The van der Waals surface area contributed by atoms with Gasteiger partial charge in [-0.1, -0.05) is 32.9 Å². The number of fused-ring (bicyclic) bond motifs is 3. The quantitative estimate of drug-likeness (QED) is 0.742. The average molecular weight is 394 g/mol. The maximum Gasteiger partial charge on any atom is 0.140 e. The second kappa shape index (κ2) is 7.04. The molecule has 29 heavy (non-hydrogen) atoms. The van der Waals surface area contributed by atoms with E-state index >= 15 is 0 Å². The molecular weight excluding hydrogens is 362 g/mol. The molecule has 0 bridgehead atoms. The minimum absolute atomic E-state index is 0.114. The van der Waals surface area contributed by atoms with Crippen LogP contribution in [0, 0.1) is 0 Å². The fourth-order valence-corrected chi connectivity index (χ4v) is 5.55. The topological polar surface area (TPSA) is 73.3 Å². The zero-order valence-electron chi connectivity index (χ0n) is 17.6. The van der Waals surface area contributed by atoms with Gasteiger partial charge < -0.3 is 20.6 Å². The molecule has 6 heteroatoms. The van der Waals surface area contributed by atoms with Crippen molar-refractivity contribution in [2.24, 2.45) is 0 Å². The van der Waals surface area contributed by atoms with Crippen molar-refractivity contribution >= 4 is 11.5 Å². The second-order valence-electron chi connectivity index (χ2n) is 9.29. The highest BCUT2D eigenvalue weighted by molar-refractivity contribution is 5.75. The molecule has 1 aliphatic carbocycles. The number of benzene rings is 1. The molecule has 1 unspecified atom stereocenters. The van der Waals surface area contributed by atoms with Gasteiger partial charge in [-0.05, 0) is 42.5 Å². The van der Waals surface area contributed by atoms with Gasteiger partial charge in [0.25, 0.3) is 0 Å². The number of aliphatic hydroxyl groups excluding tert-OH is 1. The first-order valence-electron chi connectivity index (χ1n) is 10.9. The second-order valence-corrected chi connectivity index (χ2v) is 9.29. The summed E-state index contributed by atoms with van der Waals surface area (Å²) in [5, 5.41) is 17.7. The maximum absolute atomic E-state index is 10.5. The van der Waals surface area contributed by atoms with Crippen LogP contribution < -0.4 is 15.5 Å². The molecule has 2 aliphatic heterocycles. The Morgan fingerprint density at radius 1 is 1.34 bits per heavy atom. The van der Waals surface area contributed by atoms with E-state index in [0.29, 0.717) is 6.04 Å². The van der Waals surface area contributed by atoms with Crippen LogP contribution in [0.15, 0.2) is 24.5 Å². The minimum Gasteiger partial charge on any atom is -0.387 e. The molecular formula is C23H31N5O. The summed E-state index contributed by atoms with van der Waals surface area (Å²) in [6.07, 6.45) is 3.01. The normalized spacial score (nSPS) is 27.8. The van der Waals surface area contributed by atoms with Crippen LogP contribution in [-0.2, 0) is 12.0 Å². The largest absolute Gasteiger partial charge is 0.387 e. The summed E-state index contributed by atoms with van der Waals surface area (Å²) in [6, 6.07) is 7.14. The Labute approximate surface area is 172 Å². The number of anilines is 2. The summed E-state index contributed by atoms with van der Waals surface area (Å²) in [7, 11) is 0. The van der Waals surface area contributed by atoms with Gasteiger partial charge >= 0.3 is 0 Å². The molecule has 0 amide bonds. The zero-order chi connectivity index (χ0) is 20.2. The highest BCUT2D eigenvalue weighted by Gasteiger charge is 2.48. The Morgan fingerprint density at radius 3 is 2.97 bits per heavy atom. The van der Waals surface area contributed by atoms with Crippen LogP contribution in [0.3, 0.4) is 0 Å². The van der Waals surface area contributed by atoms with Crippen LogP contribution in [0.5, 0.6) is 0 Å². The summed E-state index contributed by atoms with van der Waals surface area (Å²) in [6.45, 7) is 10.4. The van der Waals surface area contributed by atoms with Gasteiger partial charge in [-0.15, -0.1) is 0 Å². The molecule has 1 spiro atoms. The van der Waals surface area contributed by atoms with Crippen LogP contribution in [0.1, 0.15) is 68.0 Å². The molecule has 1 aromatic heterocycles. The van der Waals surface area contributed by atoms with Crippen molar-refractivity contribution in [3.63, 3.8) is 0 Å². The lowest BCUT2D eigenvalue weighted by molar-refractivity contribution is 0.170. The van der Waals surface area contributed by atoms with Crippen LogP contribution in [0.4, 0.5) is 11.5 Å². The summed E-state index contributed by atoms with van der Waals surface area (Å²) >= 11 is 0. The van der Waals surface area contributed by atoms with E-state index in [-0.39, 0.29) is 11.3 Å². The summed E-state index contributed by atoms with van der Waals surface area (Å²) in [5.41, 5.74) is 6.18. The van der Waals surface area contributed by atoms with E-state index in [1.54, 1.807) is 6.33 Å². The Kier molecular flexibility index (Phi) is 4.61. The lowest BCUT2D eigenvalue weighted by Gasteiger charge is -2.27. The van der Waals surface area contributed by atoms with E-state index in [9.17, 15) is 5.11 Å². The monoisotopic (exact) mass is 393 g/mol. The third-order valence-electron chi connectivity index (χ3n) is 6.89. The third kappa shape index (κ3) is 2.97. The van der Waals surface area contributed by atoms with Gasteiger partial charge in [0, 0.05) is 42.3 Å². The summed E-state index contributed by atoms with van der Waals surface area (Å²) in [4.78, 5) is 11.6. The fourth-order valence-electron chi connectivity index (χ4n) is 5.55. The predicted molar refractivity (Wildman–Crippen MR) is 115 cm³/mol. The SMILES string of the molecule is CC(C)NCc1cccc2c1C1(CCNC1)CN2c1ncnc2c1[C@H](C)C[C@H]2O.